The highest BCUT2D eigenvalue weighted by atomic mass is 79.9. The van der Waals surface area contributed by atoms with E-state index in [2.05, 4.69) is 20.9 Å². The number of carbonyl (C=O) groups is 2. The van der Waals surface area contributed by atoms with Gasteiger partial charge in [-0.25, -0.2) is 4.39 Å². The molecule has 1 aliphatic rings. The first-order valence-electron chi connectivity index (χ1n) is 11.2. The third-order valence-electron chi connectivity index (χ3n) is 6.45. The number of amides is 1. The Bertz CT molecular complexity index is 1540. The third kappa shape index (κ3) is 3.97. The fourth-order valence-electron chi connectivity index (χ4n) is 4.75. The van der Waals surface area contributed by atoms with Gasteiger partial charge in [0.25, 0.3) is 11.7 Å². The van der Waals surface area contributed by atoms with Crippen molar-refractivity contribution in [2.45, 2.75) is 19.5 Å². The van der Waals surface area contributed by atoms with Gasteiger partial charge in [-0.2, -0.15) is 0 Å². The Hall–Kier alpha value is -3.91. The standard InChI is InChI=1S/C28H22BrFN2O4/c1-15-23(19-5-3-4-6-21(19)31-15)25-24(26(33)17-9-12-22(36-2)20(29)13-17)27(34)28(35)32(25)14-16-7-10-18(30)11-8-16/h3-13,25,31,33H,14H2,1-2H3/b26-24+. The van der Waals surface area contributed by atoms with Crippen molar-refractivity contribution in [1.29, 1.82) is 0 Å². The van der Waals surface area contributed by atoms with Gasteiger partial charge in [0.05, 0.1) is 23.2 Å². The lowest BCUT2D eigenvalue weighted by Crippen LogP contribution is -2.29. The molecule has 4 aromatic rings. The molecule has 0 aliphatic carbocycles. The SMILES string of the molecule is COc1ccc(/C(O)=C2\C(=O)C(=O)N(Cc3ccc(F)cc3)C2c2c(C)[nH]c3ccccc23)cc1Br. The number of rotatable bonds is 5. The van der Waals surface area contributed by atoms with E-state index in [-0.39, 0.29) is 17.9 Å². The lowest BCUT2D eigenvalue weighted by molar-refractivity contribution is -0.140. The van der Waals surface area contributed by atoms with Crippen molar-refractivity contribution >= 4 is 44.3 Å². The number of fused-ring (bicyclic) bond motifs is 1. The first kappa shape index (κ1) is 23.8. The van der Waals surface area contributed by atoms with Gasteiger partial charge in [0.2, 0.25) is 0 Å². The summed E-state index contributed by atoms with van der Waals surface area (Å²) in [5.41, 5.74) is 3.37. The average molecular weight is 549 g/mol. The van der Waals surface area contributed by atoms with Gasteiger partial charge in [0.1, 0.15) is 17.3 Å². The van der Waals surface area contributed by atoms with Crippen LogP contribution in [0.25, 0.3) is 16.7 Å². The van der Waals surface area contributed by atoms with E-state index in [0.29, 0.717) is 21.3 Å². The summed E-state index contributed by atoms with van der Waals surface area (Å²) in [5.74, 6) is -1.63. The molecule has 1 fully saturated rings. The van der Waals surface area contributed by atoms with E-state index in [1.54, 1.807) is 30.3 Å². The maximum Gasteiger partial charge on any atom is 0.295 e. The maximum atomic E-state index is 13.5. The van der Waals surface area contributed by atoms with E-state index in [9.17, 15) is 19.1 Å². The molecule has 3 aromatic carbocycles. The number of ether oxygens (including phenoxy) is 1. The Labute approximate surface area is 215 Å². The summed E-state index contributed by atoms with van der Waals surface area (Å²) < 4.78 is 19.4. The van der Waals surface area contributed by atoms with Crippen LogP contribution in [-0.4, -0.2) is 33.8 Å². The van der Waals surface area contributed by atoms with Crippen LogP contribution in [0.15, 0.2) is 76.8 Å². The summed E-state index contributed by atoms with van der Waals surface area (Å²) in [6.45, 7) is 1.94. The molecule has 0 saturated carbocycles. The number of aliphatic hydroxyl groups is 1. The summed E-state index contributed by atoms with van der Waals surface area (Å²) in [6.07, 6.45) is 0. The van der Waals surface area contributed by atoms with Gasteiger partial charge in [-0.3, -0.25) is 9.59 Å². The van der Waals surface area contributed by atoms with Crippen molar-refractivity contribution in [3.63, 3.8) is 0 Å². The summed E-state index contributed by atoms with van der Waals surface area (Å²) in [7, 11) is 1.53. The molecule has 0 spiro atoms. The zero-order valence-corrected chi connectivity index (χ0v) is 21.1. The number of aromatic amines is 1. The Morgan fingerprint density at radius 2 is 1.83 bits per heavy atom. The maximum absolute atomic E-state index is 13.5. The number of aliphatic hydroxyl groups excluding tert-OH is 1. The molecule has 36 heavy (non-hydrogen) atoms. The Morgan fingerprint density at radius 3 is 2.53 bits per heavy atom. The zero-order valence-electron chi connectivity index (χ0n) is 19.5. The molecule has 2 N–H and O–H groups in total. The Balaban J connectivity index is 1.73. The number of Topliss-reactive ketones (excluding diaryl/α,β-unsaturated/α-hetero) is 1. The highest BCUT2D eigenvalue weighted by Crippen LogP contribution is 2.44. The average Bonchev–Trinajstić information content (AvgIpc) is 3.32. The molecule has 5 rings (SSSR count). The van der Waals surface area contributed by atoms with E-state index in [1.807, 2.05) is 31.2 Å². The number of carbonyl (C=O) groups excluding carboxylic acids is 2. The second kappa shape index (κ2) is 9.28. The molecule has 182 valence electrons. The van der Waals surface area contributed by atoms with Crippen LogP contribution in [0.2, 0.25) is 0 Å². The monoisotopic (exact) mass is 548 g/mol. The molecule has 1 atom stereocenters. The van der Waals surface area contributed by atoms with Gasteiger partial charge in [-0.15, -0.1) is 0 Å². The highest BCUT2D eigenvalue weighted by Gasteiger charge is 2.47. The van der Waals surface area contributed by atoms with Gasteiger partial charge >= 0.3 is 0 Å². The molecule has 1 unspecified atom stereocenters. The number of likely N-dealkylation sites (tertiary alicyclic amines) is 1. The number of H-pyrrole nitrogens is 1. The number of methoxy groups -OCH3 is 1. The van der Waals surface area contributed by atoms with Crippen LogP contribution in [-0.2, 0) is 16.1 Å². The highest BCUT2D eigenvalue weighted by molar-refractivity contribution is 9.10. The topological polar surface area (TPSA) is 82.6 Å². The number of aromatic nitrogens is 1. The van der Waals surface area contributed by atoms with Gasteiger partial charge in [-0.05, 0) is 64.8 Å². The predicted octanol–water partition coefficient (Wildman–Crippen LogP) is 6.01. The quantitative estimate of drug-likeness (QED) is 0.182. The fourth-order valence-corrected chi connectivity index (χ4v) is 5.29. The first-order valence-corrected chi connectivity index (χ1v) is 12.0. The smallest absolute Gasteiger partial charge is 0.295 e. The molecule has 2 heterocycles. The van der Waals surface area contributed by atoms with Crippen LogP contribution >= 0.6 is 15.9 Å². The molecular weight excluding hydrogens is 527 g/mol. The van der Waals surface area contributed by atoms with E-state index < -0.39 is 23.5 Å². The lowest BCUT2D eigenvalue weighted by atomic mass is 9.93. The molecular formula is C28H22BrFN2O4. The lowest BCUT2D eigenvalue weighted by Gasteiger charge is -2.26. The van der Waals surface area contributed by atoms with Crippen LogP contribution in [0.4, 0.5) is 4.39 Å². The van der Waals surface area contributed by atoms with Crippen molar-refractivity contribution < 1.29 is 23.8 Å². The molecule has 1 amide bonds. The fraction of sp³-hybridized carbons (Fsp3) is 0.143. The van der Waals surface area contributed by atoms with Crippen LogP contribution in [0.5, 0.6) is 5.75 Å². The van der Waals surface area contributed by atoms with Gasteiger partial charge in [-0.1, -0.05) is 30.3 Å². The summed E-state index contributed by atoms with van der Waals surface area (Å²) in [6, 6.07) is 17.5. The number of hydrogen-bond donors (Lipinski definition) is 2. The molecule has 1 aliphatic heterocycles. The number of ketones is 1. The van der Waals surface area contributed by atoms with Crippen molar-refractivity contribution in [1.82, 2.24) is 9.88 Å². The van der Waals surface area contributed by atoms with Crippen molar-refractivity contribution in [3.05, 3.63) is 105 Å². The second-order valence-corrected chi connectivity index (χ2v) is 9.47. The van der Waals surface area contributed by atoms with Crippen LogP contribution < -0.4 is 4.74 Å². The van der Waals surface area contributed by atoms with E-state index >= 15 is 0 Å². The van der Waals surface area contributed by atoms with Gasteiger partial charge < -0.3 is 19.7 Å². The minimum atomic E-state index is -0.855. The largest absolute Gasteiger partial charge is 0.507 e. The first-order chi connectivity index (χ1) is 17.3. The van der Waals surface area contributed by atoms with Gasteiger partial charge in [0, 0.05) is 34.3 Å². The second-order valence-electron chi connectivity index (χ2n) is 8.61. The number of hydrogen-bond acceptors (Lipinski definition) is 4. The van der Waals surface area contributed by atoms with Crippen LogP contribution in [0.1, 0.15) is 28.4 Å². The van der Waals surface area contributed by atoms with Crippen molar-refractivity contribution in [3.8, 4) is 5.75 Å². The summed E-state index contributed by atoms with van der Waals surface area (Å²) in [4.78, 5) is 31.5. The van der Waals surface area contributed by atoms with Gasteiger partial charge in [0.15, 0.2) is 0 Å². The number of aryl methyl sites for hydroxylation is 1. The molecule has 6 nitrogen and oxygen atoms in total. The molecule has 0 bridgehead atoms. The van der Waals surface area contributed by atoms with E-state index in [4.69, 9.17) is 4.74 Å². The minimum absolute atomic E-state index is 0.00738. The predicted molar refractivity (Wildman–Crippen MR) is 138 cm³/mol. The van der Waals surface area contributed by atoms with Crippen LogP contribution in [0.3, 0.4) is 0 Å². The van der Waals surface area contributed by atoms with Crippen molar-refractivity contribution in [2.24, 2.45) is 0 Å². The molecule has 8 heteroatoms. The summed E-state index contributed by atoms with van der Waals surface area (Å²) in [5, 5.41) is 12.2. The Kier molecular flexibility index (Phi) is 6.14. The third-order valence-corrected chi connectivity index (χ3v) is 7.07. The Morgan fingerprint density at radius 1 is 1.11 bits per heavy atom. The minimum Gasteiger partial charge on any atom is -0.507 e. The number of nitrogens with one attached hydrogen (secondary N) is 1. The van der Waals surface area contributed by atoms with E-state index in [1.165, 1.54) is 24.1 Å². The number of benzene rings is 3. The zero-order chi connectivity index (χ0) is 25.6. The number of halogens is 2. The molecule has 0 radical (unpaired) electrons. The number of para-hydroxylation sites is 1. The normalized spacial score (nSPS) is 17.2. The summed E-state index contributed by atoms with van der Waals surface area (Å²) >= 11 is 3.41. The van der Waals surface area contributed by atoms with E-state index in [0.717, 1.165) is 22.2 Å². The molecule has 1 aromatic heterocycles. The van der Waals surface area contributed by atoms with Crippen molar-refractivity contribution in [2.75, 3.05) is 7.11 Å². The van der Waals surface area contributed by atoms with Crippen LogP contribution in [0, 0.1) is 12.7 Å². The number of nitrogens with zero attached hydrogens (tertiary/aromatic N) is 1. The molecule has 1 saturated heterocycles.